The van der Waals surface area contributed by atoms with Crippen LogP contribution in [-0.2, 0) is 4.79 Å². The van der Waals surface area contributed by atoms with Gasteiger partial charge < -0.3 is 5.32 Å². The quantitative estimate of drug-likeness (QED) is 0.820. The molecule has 1 N–H and O–H groups in total. The monoisotopic (exact) mass is 314 g/mol. The maximum absolute atomic E-state index is 12.2. The largest absolute Gasteiger partial charge is 0.347 e. The zero-order valence-corrected chi connectivity index (χ0v) is 14.1. The molecule has 1 aromatic carbocycles. The zero-order valence-electron chi connectivity index (χ0n) is 13.2. The minimum absolute atomic E-state index is 0.0370. The number of hydrogen-bond donors (Lipinski definition) is 1. The lowest BCUT2D eigenvalue weighted by atomic mass is 10.0. The summed E-state index contributed by atoms with van der Waals surface area (Å²) in [6, 6.07) is 14.0. The van der Waals surface area contributed by atoms with Crippen LogP contribution in [0, 0.1) is 12.8 Å². The number of amides is 1. The topological polar surface area (TPSA) is 42.0 Å². The van der Waals surface area contributed by atoms with Crippen LogP contribution in [0.3, 0.4) is 0 Å². The number of aryl methyl sites for hydroxylation is 1. The Morgan fingerprint density at radius 2 is 1.91 bits per heavy atom. The first-order valence-corrected chi connectivity index (χ1v) is 8.44. The number of aromatic nitrogens is 1. The predicted molar refractivity (Wildman–Crippen MR) is 91.9 cm³/mol. The van der Waals surface area contributed by atoms with E-state index in [9.17, 15) is 4.79 Å². The van der Waals surface area contributed by atoms with E-state index in [0.29, 0.717) is 11.7 Å². The first kappa shape index (κ1) is 16.6. The first-order valence-electron chi connectivity index (χ1n) is 7.46. The van der Waals surface area contributed by atoms with Crippen molar-refractivity contribution in [2.24, 2.45) is 5.92 Å². The van der Waals surface area contributed by atoms with Gasteiger partial charge in [0.25, 0.3) is 0 Å². The highest BCUT2D eigenvalue weighted by atomic mass is 32.2. The van der Waals surface area contributed by atoms with E-state index in [1.54, 1.807) is 18.0 Å². The molecule has 0 aliphatic rings. The van der Waals surface area contributed by atoms with Crippen LogP contribution in [-0.4, -0.2) is 16.6 Å². The van der Waals surface area contributed by atoms with Gasteiger partial charge >= 0.3 is 0 Å². The van der Waals surface area contributed by atoms with Gasteiger partial charge in [-0.2, -0.15) is 0 Å². The highest BCUT2D eigenvalue weighted by Crippen LogP contribution is 2.21. The molecule has 1 amide bonds. The summed E-state index contributed by atoms with van der Waals surface area (Å²) in [6.07, 6.45) is 1.76. The second-order valence-electron chi connectivity index (χ2n) is 5.65. The molecule has 0 aliphatic heterocycles. The normalized spacial score (nSPS) is 12.2. The van der Waals surface area contributed by atoms with Crippen LogP contribution in [0.2, 0.25) is 0 Å². The molecule has 0 aliphatic carbocycles. The van der Waals surface area contributed by atoms with Gasteiger partial charge in [0.1, 0.15) is 0 Å². The van der Waals surface area contributed by atoms with E-state index in [-0.39, 0.29) is 11.9 Å². The minimum atomic E-state index is -0.0488. The second kappa shape index (κ2) is 7.99. The Bertz CT molecular complexity index is 596. The summed E-state index contributed by atoms with van der Waals surface area (Å²) in [5, 5.41) is 3.09. The van der Waals surface area contributed by atoms with E-state index in [2.05, 4.69) is 43.2 Å². The highest BCUT2D eigenvalue weighted by molar-refractivity contribution is 8.00. The van der Waals surface area contributed by atoms with E-state index >= 15 is 0 Å². The summed E-state index contributed by atoms with van der Waals surface area (Å²) in [5.74, 6) is 0.747. The molecule has 2 rings (SSSR count). The molecule has 22 heavy (non-hydrogen) atoms. The van der Waals surface area contributed by atoms with Gasteiger partial charge in [-0.05, 0) is 37.1 Å². The average Bonchev–Trinajstić information content (AvgIpc) is 2.52. The first-order chi connectivity index (χ1) is 10.6. The maximum Gasteiger partial charge on any atom is 0.230 e. The van der Waals surface area contributed by atoms with E-state index in [1.165, 1.54) is 5.56 Å². The molecule has 1 heterocycles. The van der Waals surface area contributed by atoms with Gasteiger partial charge in [0.05, 0.1) is 17.5 Å². The minimum Gasteiger partial charge on any atom is -0.347 e. The smallest absolute Gasteiger partial charge is 0.230 e. The predicted octanol–water partition coefficient (Wildman–Crippen LogP) is 4.00. The van der Waals surface area contributed by atoms with Gasteiger partial charge in [-0.15, -0.1) is 11.8 Å². The van der Waals surface area contributed by atoms with Crippen molar-refractivity contribution in [3.8, 4) is 0 Å². The molecule has 1 atom stereocenters. The third kappa shape index (κ3) is 4.88. The number of benzene rings is 1. The van der Waals surface area contributed by atoms with Crippen molar-refractivity contribution in [2.45, 2.75) is 31.7 Å². The third-order valence-electron chi connectivity index (χ3n) is 3.38. The van der Waals surface area contributed by atoms with E-state index < -0.39 is 0 Å². The van der Waals surface area contributed by atoms with Crippen molar-refractivity contribution in [3.05, 3.63) is 59.9 Å². The fraction of sp³-hybridized carbons (Fsp3) is 0.333. The lowest BCUT2D eigenvalue weighted by Gasteiger charge is -2.21. The molecule has 116 valence electrons. The molecular formula is C18H22N2OS. The van der Waals surface area contributed by atoms with E-state index in [0.717, 1.165) is 10.6 Å². The molecule has 2 aromatic rings. The van der Waals surface area contributed by atoms with E-state index in [4.69, 9.17) is 0 Å². The van der Waals surface area contributed by atoms with Crippen LogP contribution in [0.1, 0.15) is 31.1 Å². The van der Waals surface area contributed by atoms with Crippen LogP contribution in [0.15, 0.2) is 53.6 Å². The average molecular weight is 314 g/mol. The SMILES string of the molecule is Cc1ccc(SCC(=O)NC(c2ccccn2)C(C)C)cc1. The summed E-state index contributed by atoms with van der Waals surface area (Å²) in [6.45, 7) is 6.24. The number of hydrogen-bond acceptors (Lipinski definition) is 3. The van der Waals surface area contributed by atoms with Gasteiger partial charge in [0.2, 0.25) is 5.91 Å². The Labute approximate surface area is 136 Å². The van der Waals surface area contributed by atoms with Crippen molar-refractivity contribution < 1.29 is 4.79 Å². The van der Waals surface area contributed by atoms with Crippen molar-refractivity contribution in [2.75, 3.05) is 5.75 Å². The van der Waals surface area contributed by atoms with Crippen molar-refractivity contribution in [1.29, 1.82) is 0 Å². The molecule has 0 spiro atoms. The van der Waals surface area contributed by atoms with Crippen LogP contribution in [0.4, 0.5) is 0 Å². The van der Waals surface area contributed by atoms with E-state index in [1.807, 2.05) is 30.3 Å². The third-order valence-corrected chi connectivity index (χ3v) is 4.39. The Hall–Kier alpha value is -1.81. The van der Waals surface area contributed by atoms with Gasteiger partial charge in [-0.25, -0.2) is 0 Å². The number of thioether (sulfide) groups is 1. The Balaban J connectivity index is 1.93. The fourth-order valence-electron chi connectivity index (χ4n) is 2.14. The summed E-state index contributed by atoms with van der Waals surface area (Å²) in [4.78, 5) is 17.7. The molecule has 1 aromatic heterocycles. The van der Waals surface area contributed by atoms with Crippen molar-refractivity contribution in [1.82, 2.24) is 10.3 Å². The van der Waals surface area contributed by atoms with Crippen LogP contribution >= 0.6 is 11.8 Å². The number of nitrogens with one attached hydrogen (secondary N) is 1. The maximum atomic E-state index is 12.2. The van der Waals surface area contributed by atoms with Gasteiger partial charge in [-0.3, -0.25) is 9.78 Å². The zero-order chi connectivity index (χ0) is 15.9. The lowest BCUT2D eigenvalue weighted by molar-refractivity contribution is -0.119. The van der Waals surface area contributed by atoms with Crippen LogP contribution < -0.4 is 5.32 Å². The molecule has 1 unspecified atom stereocenters. The van der Waals surface area contributed by atoms with Crippen LogP contribution in [0.5, 0.6) is 0 Å². The van der Waals surface area contributed by atoms with Crippen molar-refractivity contribution >= 4 is 17.7 Å². The summed E-state index contributed by atoms with van der Waals surface area (Å²) in [7, 11) is 0. The van der Waals surface area contributed by atoms with Gasteiger partial charge in [-0.1, -0.05) is 37.6 Å². The highest BCUT2D eigenvalue weighted by Gasteiger charge is 2.19. The number of nitrogens with zero attached hydrogens (tertiary/aromatic N) is 1. The summed E-state index contributed by atoms with van der Waals surface area (Å²) >= 11 is 1.55. The molecule has 0 radical (unpaired) electrons. The molecule has 0 saturated heterocycles. The van der Waals surface area contributed by atoms with Gasteiger partial charge in [0, 0.05) is 11.1 Å². The summed E-state index contributed by atoms with van der Waals surface area (Å²) in [5.41, 5.74) is 2.13. The second-order valence-corrected chi connectivity index (χ2v) is 6.69. The molecule has 4 heteroatoms. The molecule has 0 fully saturated rings. The van der Waals surface area contributed by atoms with Crippen molar-refractivity contribution in [3.63, 3.8) is 0 Å². The molecular weight excluding hydrogens is 292 g/mol. The Kier molecular flexibility index (Phi) is 6.01. The number of rotatable bonds is 6. The molecule has 3 nitrogen and oxygen atoms in total. The fourth-order valence-corrected chi connectivity index (χ4v) is 2.85. The Morgan fingerprint density at radius 3 is 2.50 bits per heavy atom. The van der Waals surface area contributed by atoms with Crippen LogP contribution in [0.25, 0.3) is 0 Å². The number of carbonyl (C=O) groups is 1. The number of carbonyl (C=O) groups excluding carboxylic acids is 1. The molecule has 0 saturated carbocycles. The number of pyridine rings is 1. The standard InChI is InChI=1S/C18H22N2OS/c1-13(2)18(16-6-4-5-11-19-16)20-17(21)12-22-15-9-7-14(3)8-10-15/h4-11,13,18H,12H2,1-3H3,(H,20,21). The van der Waals surface area contributed by atoms with Gasteiger partial charge in [0.15, 0.2) is 0 Å². The Morgan fingerprint density at radius 1 is 1.18 bits per heavy atom. The molecule has 0 bridgehead atoms. The summed E-state index contributed by atoms with van der Waals surface area (Å²) < 4.78 is 0. The lowest BCUT2D eigenvalue weighted by Crippen LogP contribution is -2.33.